The molecular formula is C19H31NO. The maximum atomic E-state index is 11.1. The maximum absolute atomic E-state index is 11.1. The average molecular weight is 289 g/mol. The standard InChI is InChI=1S/C15H18O.C4H11N.H2/c1-11-3-6-14(7-4-11)15-8-5-13(10-15)9-12(2)16;1-2-3-4-5;/h3-4,6-8,13H,5,9-10H2,1-2H3;2-5H2,1H3;1H. The fourth-order valence-corrected chi connectivity index (χ4v) is 2.56. The van der Waals surface area contributed by atoms with Gasteiger partial charge in [0.15, 0.2) is 0 Å². The number of carbonyl (C=O) groups excluding carboxylic acids is 1. The first-order valence-electron chi connectivity index (χ1n) is 8.02. The molecule has 1 aliphatic rings. The molecule has 0 aliphatic heterocycles. The van der Waals surface area contributed by atoms with Crippen LogP contribution in [0.15, 0.2) is 30.3 Å². The molecule has 0 spiro atoms. The van der Waals surface area contributed by atoms with Crippen LogP contribution >= 0.6 is 0 Å². The zero-order valence-corrected chi connectivity index (χ0v) is 13.7. The van der Waals surface area contributed by atoms with Crippen LogP contribution < -0.4 is 5.73 Å². The monoisotopic (exact) mass is 289 g/mol. The van der Waals surface area contributed by atoms with Gasteiger partial charge in [0.2, 0.25) is 0 Å². The smallest absolute Gasteiger partial charge is 0.130 e. The van der Waals surface area contributed by atoms with E-state index in [0.29, 0.717) is 11.7 Å². The highest BCUT2D eigenvalue weighted by molar-refractivity contribution is 5.77. The van der Waals surface area contributed by atoms with Crippen LogP contribution in [0.2, 0.25) is 0 Å². The number of nitrogens with two attached hydrogens (primary N) is 1. The minimum Gasteiger partial charge on any atom is -0.330 e. The van der Waals surface area contributed by atoms with Crippen molar-refractivity contribution in [2.24, 2.45) is 11.7 Å². The SMILES string of the molecule is CC(=O)CC1CC=C(c2ccc(C)cc2)C1.CCCCN.[HH]. The van der Waals surface area contributed by atoms with Gasteiger partial charge in [-0.25, -0.2) is 0 Å². The highest BCUT2D eigenvalue weighted by atomic mass is 16.1. The Bertz CT molecular complexity index is 463. The van der Waals surface area contributed by atoms with Gasteiger partial charge in [0.1, 0.15) is 5.78 Å². The first-order chi connectivity index (χ1) is 10.1. The molecule has 0 amide bonds. The molecule has 21 heavy (non-hydrogen) atoms. The first kappa shape index (κ1) is 17.6. The lowest BCUT2D eigenvalue weighted by Crippen LogP contribution is -2.01. The number of hydrogen-bond acceptors (Lipinski definition) is 2. The molecular weight excluding hydrogens is 258 g/mol. The molecule has 1 aliphatic carbocycles. The number of hydrogen-bond donors (Lipinski definition) is 1. The summed E-state index contributed by atoms with van der Waals surface area (Å²) < 4.78 is 0. The molecule has 1 atom stereocenters. The van der Waals surface area contributed by atoms with Gasteiger partial charge < -0.3 is 10.5 Å². The Morgan fingerprint density at radius 3 is 2.48 bits per heavy atom. The minimum absolute atomic E-state index is 0. The minimum atomic E-state index is 0. The summed E-state index contributed by atoms with van der Waals surface area (Å²) in [7, 11) is 0. The second-order valence-electron chi connectivity index (χ2n) is 5.95. The van der Waals surface area contributed by atoms with Crippen LogP contribution in [0.25, 0.3) is 5.57 Å². The molecule has 2 N–H and O–H groups in total. The van der Waals surface area contributed by atoms with Gasteiger partial charge in [-0.1, -0.05) is 49.2 Å². The number of rotatable bonds is 5. The molecule has 2 nitrogen and oxygen atoms in total. The van der Waals surface area contributed by atoms with Crippen LogP contribution in [0.5, 0.6) is 0 Å². The van der Waals surface area contributed by atoms with Crippen molar-refractivity contribution in [3.05, 3.63) is 41.5 Å². The summed E-state index contributed by atoms with van der Waals surface area (Å²) >= 11 is 0. The number of aryl methyl sites for hydroxylation is 1. The van der Waals surface area contributed by atoms with E-state index in [1.54, 1.807) is 6.92 Å². The largest absolute Gasteiger partial charge is 0.330 e. The Hall–Kier alpha value is -1.41. The fourth-order valence-electron chi connectivity index (χ4n) is 2.56. The molecule has 0 bridgehead atoms. The molecule has 1 aromatic rings. The fraction of sp³-hybridized carbons (Fsp3) is 0.526. The maximum Gasteiger partial charge on any atom is 0.130 e. The van der Waals surface area contributed by atoms with E-state index < -0.39 is 0 Å². The summed E-state index contributed by atoms with van der Waals surface area (Å²) in [4.78, 5) is 11.1. The van der Waals surface area contributed by atoms with Crippen molar-refractivity contribution < 1.29 is 6.22 Å². The number of unbranched alkanes of at least 4 members (excludes halogenated alkanes) is 1. The molecule has 1 aromatic carbocycles. The third kappa shape index (κ3) is 6.72. The van der Waals surface area contributed by atoms with E-state index in [0.717, 1.165) is 25.8 Å². The van der Waals surface area contributed by atoms with Gasteiger partial charge in [0.25, 0.3) is 0 Å². The molecule has 0 saturated heterocycles. The van der Waals surface area contributed by atoms with Crippen LogP contribution in [-0.4, -0.2) is 12.3 Å². The normalized spacial score (nSPS) is 17.0. The second-order valence-corrected chi connectivity index (χ2v) is 5.95. The molecule has 0 heterocycles. The molecule has 0 saturated carbocycles. The van der Waals surface area contributed by atoms with Crippen molar-refractivity contribution in [1.82, 2.24) is 0 Å². The number of carbonyl (C=O) groups is 1. The van der Waals surface area contributed by atoms with E-state index in [4.69, 9.17) is 5.73 Å². The van der Waals surface area contributed by atoms with E-state index >= 15 is 0 Å². The van der Waals surface area contributed by atoms with Crippen molar-refractivity contribution in [2.45, 2.75) is 52.9 Å². The van der Waals surface area contributed by atoms with Crippen molar-refractivity contribution in [3.8, 4) is 0 Å². The Morgan fingerprint density at radius 2 is 2.00 bits per heavy atom. The first-order valence-corrected chi connectivity index (χ1v) is 8.02. The molecule has 118 valence electrons. The Kier molecular flexibility index (Phi) is 7.99. The zero-order chi connectivity index (χ0) is 15.7. The zero-order valence-electron chi connectivity index (χ0n) is 13.7. The van der Waals surface area contributed by atoms with Gasteiger partial charge >= 0.3 is 0 Å². The number of benzene rings is 1. The van der Waals surface area contributed by atoms with Gasteiger partial charge in [-0.05, 0) is 56.7 Å². The van der Waals surface area contributed by atoms with Crippen LogP contribution in [0.4, 0.5) is 0 Å². The lowest BCUT2D eigenvalue weighted by molar-refractivity contribution is -0.117. The highest BCUT2D eigenvalue weighted by Crippen LogP contribution is 2.34. The molecule has 2 heteroatoms. The van der Waals surface area contributed by atoms with Gasteiger partial charge in [0, 0.05) is 7.85 Å². The van der Waals surface area contributed by atoms with E-state index in [9.17, 15) is 4.79 Å². The van der Waals surface area contributed by atoms with Crippen LogP contribution in [0.1, 0.15) is 58.5 Å². The quantitative estimate of drug-likeness (QED) is 0.849. The number of allylic oxidation sites excluding steroid dienone is 2. The summed E-state index contributed by atoms with van der Waals surface area (Å²) in [6.07, 6.45) is 7.52. The van der Waals surface area contributed by atoms with Gasteiger partial charge in [0.05, 0.1) is 0 Å². The van der Waals surface area contributed by atoms with Crippen LogP contribution in [-0.2, 0) is 4.79 Å². The van der Waals surface area contributed by atoms with E-state index in [-0.39, 0.29) is 1.43 Å². The Labute approximate surface area is 130 Å². The van der Waals surface area contributed by atoms with Gasteiger partial charge in [-0.3, -0.25) is 0 Å². The topological polar surface area (TPSA) is 43.1 Å². The summed E-state index contributed by atoms with van der Waals surface area (Å²) in [5.74, 6) is 0.845. The molecule has 1 unspecified atom stereocenters. The second kappa shape index (κ2) is 9.51. The van der Waals surface area contributed by atoms with E-state index in [1.165, 1.54) is 29.5 Å². The molecule has 0 fully saturated rings. The van der Waals surface area contributed by atoms with Crippen LogP contribution in [0.3, 0.4) is 0 Å². The average Bonchev–Trinajstić information content (AvgIpc) is 2.89. The van der Waals surface area contributed by atoms with E-state index in [2.05, 4.69) is 44.2 Å². The Balaban J connectivity index is 0.000000644. The summed E-state index contributed by atoms with van der Waals surface area (Å²) in [6, 6.07) is 8.65. The molecule has 0 aromatic heterocycles. The molecule has 2 rings (SSSR count). The summed E-state index contributed by atoms with van der Waals surface area (Å²) in [5.41, 5.74) is 9.16. The third-order valence-electron chi connectivity index (χ3n) is 3.76. The van der Waals surface area contributed by atoms with Crippen molar-refractivity contribution in [3.63, 3.8) is 0 Å². The van der Waals surface area contributed by atoms with Gasteiger partial charge in [-0.2, -0.15) is 0 Å². The van der Waals surface area contributed by atoms with Crippen LogP contribution in [0, 0.1) is 12.8 Å². The molecule has 0 radical (unpaired) electrons. The van der Waals surface area contributed by atoms with Crippen molar-refractivity contribution in [2.75, 3.05) is 6.54 Å². The van der Waals surface area contributed by atoms with Crippen molar-refractivity contribution >= 4 is 11.4 Å². The lowest BCUT2D eigenvalue weighted by atomic mass is 9.96. The third-order valence-corrected chi connectivity index (χ3v) is 3.76. The highest BCUT2D eigenvalue weighted by Gasteiger charge is 2.19. The van der Waals surface area contributed by atoms with Crippen molar-refractivity contribution in [1.29, 1.82) is 0 Å². The number of Topliss-reactive ketones (excluding diaryl/α,β-unsaturated/α-hetero) is 1. The van der Waals surface area contributed by atoms with Gasteiger partial charge in [-0.15, -0.1) is 0 Å². The Morgan fingerprint density at radius 1 is 1.33 bits per heavy atom. The summed E-state index contributed by atoms with van der Waals surface area (Å²) in [6.45, 7) is 6.76. The number of ketones is 1. The lowest BCUT2D eigenvalue weighted by Gasteiger charge is -2.08. The summed E-state index contributed by atoms with van der Waals surface area (Å²) in [5, 5.41) is 0. The van der Waals surface area contributed by atoms with E-state index in [1.807, 2.05) is 0 Å². The predicted molar refractivity (Wildman–Crippen MR) is 93.3 cm³/mol. The predicted octanol–water partition coefficient (Wildman–Crippen LogP) is 4.76.